The summed E-state index contributed by atoms with van der Waals surface area (Å²) in [5, 5.41) is 4.43. The van der Waals surface area contributed by atoms with E-state index in [1.165, 1.54) is 16.2 Å². The van der Waals surface area contributed by atoms with Gasteiger partial charge in [0, 0.05) is 53.3 Å². The molecule has 27 heavy (non-hydrogen) atoms. The second kappa shape index (κ2) is 8.82. The molecule has 9 heteroatoms. The first-order valence-electron chi connectivity index (χ1n) is 8.44. The summed E-state index contributed by atoms with van der Waals surface area (Å²) in [5.41, 5.74) is 0.933. The second-order valence-corrected chi connectivity index (χ2v) is 8.09. The van der Waals surface area contributed by atoms with Crippen molar-refractivity contribution in [2.45, 2.75) is 32.1 Å². The molecule has 1 fully saturated rings. The summed E-state index contributed by atoms with van der Waals surface area (Å²) in [6.45, 7) is 0.281. The molecule has 6 nitrogen and oxygen atoms in total. The van der Waals surface area contributed by atoms with Crippen LogP contribution >= 0.6 is 34.5 Å². The Morgan fingerprint density at radius 2 is 1.96 bits per heavy atom. The van der Waals surface area contributed by atoms with Crippen molar-refractivity contribution in [1.29, 1.82) is 0 Å². The second-order valence-electron chi connectivity index (χ2n) is 6.14. The molecule has 0 atom stereocenters. The Morgan fingerprint density at radius 1 is 1.22 bits per heavy atom. The monoisotopic (exact) mass is 425 g/mol. The molecule has 1 N–H and O–H groups in total. The van der Waals surface area contributed by atoms with Crippen LogP contribution in [0.5, 0.6) is 0 Å². The molecule has 1 saturated heterocycles. The predicted molar refractivity (Wildman–Crippen MR) is 105 cm³/mol. The third-order valence-electron chi connectivity index (χ3n) is 4.12. The van der Waals surface area contributed by atoms with Gasteiger partial charge < -0.3 is 5.32 Å². The SMILES string of the molecule is O=C(CCCN1C(=O)CCC1=O)Nc1ncc(Cc2ccc(Cl)cc2Cl)s1. The van der Waals surface area contributed by atoms with Crippen molar-refractivity contribution in [3.63, 3.8) is 0 Å². The highest BCUT2D eigenvalue weighted by atomic mass is 35.5. The Kier molecular flexibility index (Phi) is 6.46. The normalized spacial score (nSPS) is 14.1. The van der Waals surface area contributed by atoms with Crippen LogP contribution in [0, 0.1) is 0 Å². The average Bonchev–Trinajstić information content (AvgIpc) is 3.18. The largest absolute Gasteiger partial charge is 0.302 e. The van der Waals surface area contributed by atoms with Crippen molar-refractivity contribution in [1.82, 2.24) is 9.88 Å². The zero-order valence-electron chi connectivity index (χ0n) is 14.3. The molecule has 0 radical (unpaired) electrons. The number of carbonyl (C=O) groups excluding carboxylic acids is 3. The number of carbonyl (C=O) groups is 3. The molecule has 0 spiro atoms. The van der Waals surface area contributed by atoms with Crippen LogP contribution in [0.3, 0.4) is 0 Å². The van der Waals surface area contributed by atoms with Gasteiger partial charge in [-0.15, -0.1) is 11.3 Å². The molecule has 142 valence electrons. The molecule has 0 bridgehead atoms. The molecular weight excluding hydrogens is 409 g/mol. The molecule has 2 aromatic rings. The van der Waals surface area contributed by atoms with Crippen LogP contribution in [0.1, 0.15) is 36.1 Å². The van der Waals surface area contributed by atoms with Gasteiger partial charge in [-0.2, -0.15) is 0 Å². The van der Waals surface area contributed by atoms with Gasteiger partial charge in [0.1, 0.15) is 0 Å². The van der Waals surface area contributed by atoms with Crippen LogP contribution in [-0.2, 0) is 20.8 Å². The van der Waals surface area contributed by atoms with E-state index in [1.807, 2.05) is 6.07 Å². The van der Waals surface area contributed by atoms with Gasteiger partial charge in [0.2, 0.25) is 17.7 Å². The van der Waals surface area contributed by atoms with Crippen molar-refractivity contribution in [3.8, 4) is 0 Å². The number of nitrogens with one attached hydrogen (secondary N) is 1. The van der Waals surface area contributed by atoms with Gasteiger partial charge in [-0.1, -0.05) is 29.3 Å². The maximum atomic E-state index is 12.0. The summed E-state index contributed by atoms with van der Waals surface area (Å²) in [4.78, 5) is 41.5. The Balaban J connectivity index is 1.47. The van der Waals surface area contributed by atoms with Gasteiger partial charge >= 0.3 is 0 Å². The van der Waals surface area contributed by atoms with Gasteiger partial charge in [-0.3, -0.25) is 19.3 Å². The molecule has 0 aliphatic carbocycles. The van der Waals surface area contributed by atoms with E-state index in [0.717, 1.165) is 10.4 Å². The molecule has 1 aromatic heterocycles. The molecule has 3 amide bonds. The zero-order chi connectivity index (χ0) is 19.4. The van der Waals surface area contributed by atoms with Crippen LogP contribution in [0.25, 0.3) is 0 Å². The Labute approximate surface area is 170 Å². The number of hydrogen-bond donors (Lipinski definition) is 1. The summed E-state index contributed by atoms with van der Waals surface area (Å²) < 4.78 is 0. The number of hydrogen-bond acceptors (Lipinski definition) is 5. The summed E-state index contributed by atoms with van der Waals surface area (Å²) in [7, 11) is 0. The molecule has 0 unspecified atom stereocenters. The number of amides is 3. The zero-order valence-corrected chi connectivity index (χ0v) is 16.7. The number of thiazole rings is 1. The Bertz CT molecular complexity index is 868. The van der Waals surface area contributed by atoms with Crippen LogP contribution in [-0.4, -0.2) is 34.2 Å². The Morgan fingerprint density at radius 3 is 2.67 bits per heavy atom. The van der Waals surface area contributed by atoms with E-state index >= 15 is 0 Å². The van der Waals surface area contributed by atoms with E-state index in [1.54, 1.807) is 18.3 Å². The average molecular weight is 426 g/mol. The first kappa shape index (κ1) is 19.8. The van der Waals surface area contributed by atoms with Gasteiger partial charge in [-0.25, -0.2) is 4.98 Å². The third-order valence-corrected chi connectivity index (χ3v) is 5.62. The lowest BCUT2D eigenvalue weighted by Gasteiger charge is -2.12. The van der Waals surface area contributed by atoms with E-state index in [-0.39, 0.29) is 43.5 Å². The maximum Gasteiger partial charge on any atom is 0.229 e. The molecule has 1 aliphatic heterocycles. The summed E-state index contributed by atoms with van der Waals surface area (Å²) in [6, 6.07) is 5.34. The van der Waals surface area contributed by atoms with Gasteiger partial charge in [0.15, 0.2) is 5.13 Å². The summed E-state index contributed by atoms with van der Waals surface area (Å²) in [5.74, 6) is -0.517. The van der Waals surface area contributed by atoms with Crippen molar-refractivity contribution >= 4 is 57.4 Å². The lowest BCUT2D eigenvalue weighted by Crippen LogP contribution is -2.30. The quantitative estimate of drug-likeness (QED) is 0.681. The Hall–Kier alpha value is -1.96. The van der Waals surface area contributed by atoms with Crippen LogP contribution < -0.4 is 5.32 Å². The standard InChI is InChI=1S/C18H17Cl2N3O3S/c19-12-4-3-11(14(20)9-12)8-13-10-21-18(27-13)22-15(24)2-1-7-23-16(25)5-6-17(23)26/h3-4,9-10H,1-2,5-8H2,(H,21,22,24). The fraction of sp³-hybridized carbons (Fsp3) is 0.333. The maximum absolute atomic E-state index is 12.0. The number of benzene rings is 1. The number of anilines is 1. The molecule has 3 rings (SSSR count). The van der Waals surface area contributed by atoms with Gasteiger partial charge in [0.05, 0.1) is 0 Å². The van der Waals surface area contributed by atoms with Gasteiger partial charge in [0.25, 0.3) is 0 Å². The predicted octanol–water partition coefficient (Wildman–Crippen LogP) is 3.91. The van der Waals surface area contributed by atoms with E-state index in [0.29, 0.717) is 28.0 Å². The highest BCUT2D eigenvalue weighted by Gasteiger charge is 2.28. The topological polar surface area (TPSA) is 79.4 Å². The van der Waals surface area contributed by atoms with Gasteiger partial charge in [-0.05, 0) is 24.1 Å². The lowest BCUT2D eigenvalue weighted by atomic mass is 10.1. The molecule has 2 heterocycles. The number of imide groups is 1. The van der Waals surface area contributed by atoms with Crippen LogP contribution in [0.2, 0.25) is 10.0 Å². The third kappa shape index (κ3) is 5.28. The summed E-state index contributed by atoms with van der Waals surface area (Å²) >= 11 is 13.5. The fourth-order valence-electron chi connectivity index (χ4n) is 2.75. The number of rotatable bonds is 7. The van der Waals surface area contributed by atoms with Crippen molar-refractivity contribution < 1.29 is 14.4 Å². The van der Waals surface area contributed by atoms with E-state index < -0.39 is 0 Å². The lowest BCUT2D eigenvalue weighted by molar-refractivity contribution is -0.138. The smallest absolute Gasteiger partial charge is 0.229 e. The minimum Gasteiger partial charge on any atom is -0.302 e. The fourth-order valence-corrected chi connectivity index (χ4v) is 4.08. The van der Waals surface area contributed by atoms with Crippen LogP contribution in [0.15, 0.2) is 24.4 Å². The number of halogens is 2. The van der Waals surface area contributed by atoms with E-state index in [4.69, 9.17) is 23.2 Å². The van der Waals surface area contributed by atoms with E-state index in [9.17, 15) is 14.4 Å². The highest BCUT2D eigenvalue weighted by Crippen LogP contribution is 2.27. The van der Waals surface area contributed by atoms with E-state index in [2.05, 4.69) is 10.3 Å². The van der Waals surface area contributed by atoms with Crippen molar-refractivity contribution in [3.05, 3.63) is 44.9 Å². The minimum absolute atomic E-state index is 0.161. The first-order valence-corrected chi connectivity index (χ1v) is 10.0. The number of aromatic nitrogens is 1. The number of likely N-dealkylation sites (tertiary alicyclic amines) is 1. The number of nitrogens with zero attached hydrogens (tertiary/aromatic N) is 2. The molecular formula is C18H17Cl2N3O3S. The molecule has 1 aromatic carbocycles. The molecule has 1 aliphatic rings. The minimum atomic E-state index is -0.195. The highest BCUT2D eigenvalue weighted by molar-refractivity contribution is 7.15. The van der Waals surface area contributed by atoms with Crippen molar-refractivity contribution in [2.24, 2.45) is 0 Å². The van der Waals surface area contributed by atoms with Crippen LogP contribution in [0.4, 0.5) is 5.13 Å². The summed E-state index contributed by atoms with van der Waals surface area (Å²) in [6.07, 6.45) is 3.49. The van der Waals surface area contributed by atoms with Crippen molar-refractivity contribution in [2.75, 3.05) is 11.9 Å². The molecule has 0 saturated carbocycles. The first-order chi connectivity index (χ1) is 12.9.